The highest BCUT2D eigenvalue weighted by Crippen LogP contribution is 2.27. The van der Waals surface area contributed by atoms with E-state index < -0.39 is 0 Å². The van der Waals surface area contributed by atoms with Gasteiger partial charge in [-0.15, -0.1) is 5.10 Å². The lowest BCUT2D eigenvalue weighted by Gasteiger charge is -2.24. The molecule has 0 radical (unpaired) electrons. The molecule has 1 aliphatic heterocycles. The average Bonchev–Trinajstić information content (AvgIpc) is 3.27. The van der Waals surface area contributed by atoms with Crippen LogP contribution in [0.25, 0.3) is 4.96 Å². The van der Waals surface area contributed by atoms with E-state index in [0.29, 0.717) is 18.5 Å². The second-order valence-electron chi connectivity index (χ2n) is 7.25. The zero-order valence-corrected chi connectivity index (χ0v) is 16.8. The van der Waals surface area contributed by atoms with E-state index in [2.05, 4.69) is 36.9 Å². The van der Waals surface area contributed by atoms with Crippen molar-refractivity contribution in [1.82, 2.24) is 29.5 Å². The molecule has 10 heteroatoms. The standard InChI is InChI=1S/C17H24N8OS/c1-11-8-25-16(18-11)27-17(21-25)24-6-5-13(10-24)23(4)9-12-7-14(26)20-15(19-12)22(2)3/h7-8,13H,5-6,9-10H2,1-4H3,(H,19,20,26)/t13-/m0/s1. The monoisotopic (exact) mass is 388 g/mol. The number of H-pyrrole nitrogens is 1. The van der Waals surface area contributed by atoms with Crippen LogP contribution in [0.1, 0.15) is 17.8 Å². The van der Waals surface area contributed by atoms with E-state index in [4.69, 9.17) is 0 Å². The molecule has 0 spiro atoms. The molecule has 0 aromatic carbocycles. The lowest BCUT2D eigenvalue weighted by Crippen LogP contribution is -2.35. The van der Waals surface area contributed by atoms with Gasteiger partial charge in [-0.3, -0.25) is 14.7 Å². The van der Waals surface area contributed by atoms with Crippen LogP contribution in [-0.4, -0.2) is 69.7 Å². The quantitative estimate of drug-likeness (QED) is 0.697. The number of fused-ring (bicyclic) bond motifs is 1. The topological polar surface area (TPSA) is 85.7 Å². The Bertz CT molecular complexity index is 974. The van der Waals surface area contributed by atoms with Crippen LogP contribution in [0.2, 0.25) is 0 Å². The molecule has 1 saturated heterocycles. The molecule has 0 amide bonds. The Morgan fingerprint density at radius 1 is 1.33 bits per heavy atom. The molecular formula is C17H24N8OS. The fraction of sp³-hybridized carbons (Fsp3) is 0.529. The van der Waals surface area contributed by atoms with Gasteiger partial charge < -0.3 is 9.80 Å². The van der Waals surface area contributed by atoms with Crippen molar-refractivity contribution in [3.8, 4) is 0 Å². The van der Waals surface area contributed by atoms with Crippen LogP contribution in [0.15, 0.2) is 17.1 Å². The van der Waals surface area contributed by atoms with Crippen LogP contribution in [0.4, 0.5) is 11.1 Å². The van der Waals surface area contributed by atoms with Crippen molar-refractivity contribution in [1.29, 1.82) is 0 Å². The predicted molar refractivity (Wildman–Crippen MR) is 107 cm³/mol. The number of hydrogen-bond acceptors (Lipinski definition) is 8. The summed E-state index contributed by atoms with van der Waals surface area (Å²) in [6.07, 6.45) is 3.01. The minimum absolute atomic E-state index is 0.119. The van der Waals surface area contributed by atoms with Gasteiger partial charge in [-0.1, -0.05) is 11.3 Å². The Morgan fingerprint density at radius 2 is 2.15 bits per heavy atom. The number of anilines is 2. The summed E-state index contributed by atoms with van der Waals surface area (Å²) in [5.41, 5.74) is 1.65. The summed E-state index contributed by atoms with van der Waals surface area (Å²) in [7, 11) is 5.82. The normalized spacial score (nSPS) is 17.4. The molecule has 144 valence electrons. The van der Waals surface area contributed by atoms with Gasteiger partial charge in [0.25, 0.3) is 5.56 Å². The third-order valence-corrected chi connectivity index (χ3v) is 5.81. The van der Waals surface area contributed by atoms with Crippen LogP contribution < -0.4 is 15.4 Å². The van der Waals surface area contributed by atoms with E-state index in [9.17, 15) is 4.79 Å². The number of nitrogens with one attached hydrogen (secondary N) is 1. The molecule has 0 unspecified atom stereocenters. The Balaban J connectivity index is 1.43. The molecule has 0 aliphatic carbocycles. The molecule has 3 aromatic heterocycles. The summed E-state index contributed by atoms with van der Waals surface area (Å²) >= 11 is 1.63. The Morgan fingerprint density at radius 3 is 2.89 bits per heavy atom. The first kappa shape index (κ1) is 17.9. The van der Waals surface area contributed by atoms with Crippen molar-refractivity contribution in [3.63, 3.8) is 0 Å². The van der Waals surface area contributed by atoms with E-state index in [1.165, 1.54) is 0 Å². The zero-order chi connectivity index (χ0) is 19.1. The summed E-state index contributed by atoms with van der Waals surface area (Å²) in [6, 6.07) is 1.97. The number of aromatic amines is 1. The maximum atomic E-state index is 11.9. The number of rotatable bonds is 5. The van der Waals surface area contributed by atoms with Crippen LogP contribution in [0.5, 0.6) is 0 Å². The van der Waals surface area contributed by atoms with E-state index in [1.807, 2.05) is 36.6 Å². The number of imidazole rings is 1. The molecule has 3 aromatic rings. The highest BCUT2D eigenvalue weighted by atomic mass is 32.1. The van der Waals surface area contributed by atoms with Crippen molar-refractivity contribution in [2.75, 3.05) is 44.0 Å². The fourth-order valence-corrected chi connectivity index (χ4v) is 4.34. The summed E-state index contributed by atoms with van der Waals surface area (Å²) in [5.74, 6) is 0.584. The van der Waals surface area contributed by atoms with Crippen LogP contribution in [-0.2, 0) is 6.54 Å². The van der Waals surface area contributed by atoms with Gasteiger partial charge in [0.15, 0.2) is 0 Å². The molecule has 9 nitrogen and oxygen atoms in total. The van der Waals surface area contributed by atoms with Gasteiger partial charge in [0.1, 0.15) is 0 Å². The largest absolute Gasteiger partial charge is 0.348 e. The Hall–Kier alpha value is -2.46. The smallest absolute Gasteiger partial charge is 0.252 e. The second-order valence-corrected chi connectivity index (χ2v) is 8.19. The van der Waals surface area contributed by atoms with Crippen LogP contribution >= 0.6 is 11.3 Å². The summed E-state index contributed by atoms with van der Waals surface area (Å²) in [5, 5.41) is 5.66. The summed E-state index contributed by atoms with van der Waals surface area (Å²) in [6.45, 7) is 4.50. The van der Waals surface area contributed by atoms with Gasteiger partial charge in [-0.25, -0.2) is 14.5 Å². The van der Waals surface area contributed by atoms with E-state index in [-0.39, 0.29) is 5.56 Å². The van der Waals surface area contributed by atoms with Crippen molar-refractivity contribution in [2.45, 2.75) is 25.9 Å². The highest BCUT2D eigenvalue weighted by molar-refractivity contribution is 7.20. The van der Waals surface area contributed by atoms with Crippen LogP contribution in [0.3, 0.4) is 0 Å². The molecule has 1 aliphatic rings. The maximum Gasteiger partial charge on any atom is 0.252 e. The molecule has 4 heterocycles. The number of aromatic nitrogens is 5. The summed E-state index contributed by atoms with van der Waals surface area (Å²) in [4.78, 5) is 31.0. The maximum absolute atomic E-state index is 11.9. The molecule has 0 bridgehead atoms. The van der Waals surface area contributed by atoms with Crippen molar-refractivity contribution >= 4 is 27.4 Å². The van der Waals surface area contributed by atoms with Crippen molar-refractivity contribution in [3.05, 3.63) is 34.0 Å². The predicted octanol–water partition coefficient (Wildman–Crippen LogP) is 0.959. The molecule has 1 N–H and O–H groups in total. The zero-order valence-electron chi connectivity index (χ0n) is 16.0. The molecule has 0 saturated carbocycles. The van der Waals surface area contributed by atoms with Gasteiger partial charge in [0.2, 0.25) is 16.0 Å². The van der Waals surface area contributed by atoms with E-state index in [1.54, 1.807) is 17.4 Å². The van der Waals surface area contributed by atoms with Gasteiger partial charge in [0, 0.05) is 45.8 Å². The van der Waals surface area contributed by atoms with Gasteiger partial charge in [-0.2, -0.15) is 0 Å². The number of nitrogens with zero attached hydrogens (tertiary/aromatic N) is 7. The first-order valence-electron chi connectivity index (χ1n) is 8.94. The molecule has 1 fully saturated rings. The Kier molecular flexibility index (Phi) is 4.60. The van der Waals surface area contributed by atoms with Crippen LogP contribution in [0, 0.1) is 6.92 Å². The lowest BCUT2D eigenvalue weighted by molar-refractivity contribution is 0.247. The molecule has 27 heavy (non-hydrogen) atoms. The van der Waals surface area contributed by atoms with Crippen molar-refractivity contribution < 1.29 is 0 Å². The summed E-state index contributed by atoms with van der Waals surface area (Å²) < 4.78 is 1.86. The number of aryl methyl sites for hydroxylation is 1. The minimum Gasteiger partial charge on any atom is -0.348 e. The molecule has 1 atom stereocenters. The van der Waals surface area contributed by atoms with E-state index in [0.717, 1.165) is 41.0 Å². The lowest BCUT2D eigenvalue weighted by atomic mass is 10.2. The Labute approximate surface area is 161 Å². The minimum atomic E-state index is -0.119. The average molecular weight is 389 g/mol. The van der Waals surface area contributed by atoms with Gasteiger partial charge >= 0.3 is 0 Å². The molecular weight excluding hydrogens is 364 g/mol. The van der Waals surface area contributed by atoms with E-state index >= 15 is 0 Å². The second kappa shape index (κ2) is 6.93. The third-order valence-electron chi connectivity index (χ3n) is 4.83. The number of hydrogen-bond donors (Lipinski definition) is 1. The van der Waals surface area contributed by atoms with Crippen molar-refractivity contribution in [2.24, 2.45) is 0 Å². The van der Waals surface area contributed by atoms with Gasteiger partial charge in [-0.05, 0) is 20.4 Å². The first-order chi connectivity index (χ1) is 12.9. The fourth-order valence-electron chi connectivity index (χ4n) is 3.37. The number of likely N-dealkylation sites (N-methyl/N-ethyl adjacent to an activating group) is 1. The highest BCUT2D eigenvalue weighted by Gasteiger charge is 2.28. The third kappa shape index (κ3) is 3.67. The van der Waals surface area contributed by atoms with Gasteiger partial charge in [0.05, 0.1) is 17.6 Å². The SMILES string of the molecule is Cc1cn2nc(N3CC[C@H](N(C)Cc4cc(=O)[nH]c(N(C)C)n4)C3)sc2n1. The first-order valence-corrected chi connectivity index (χ1v) is 9.76. The molecule has 4 rings (SSSR count).